The van der Waals surface area contributed by atoms with E-state index in [0.717, 1.165) is 4.96 Å². The van der Waals surface area contributed by atoms with Gasteiger partial charge in [-0.25, -0.2) is 10.4 Å². The van der Waals surface area contributed by atoms with Crippen LogP contribution in [0.2, 0.25) is 0 Å². The molecule has 21 heavy (non-hydrogen) atoms. The monoisotopic (exact) mass is 300 g/mol. The van der Waals surface area contributed by atoms with E-state index in [1.807, 2.05) is 5.38 Å². The molecule has 3 rings (SSSR count). The van der Waals surface area contributed by atoms with Crippen LogP contribution in [0, 0.1) is 6.92 Å². The van der Waals surface area contributed by atoms with Gasteiger partial charge in [-0.15, -0.1) is 11.3 Å². The Kier molecular flexibility index (Phi) is 3.41. The number of hydrogen-bond acceptors (Lipinski definition) is 5. The van der Waals surface area contributed by atoms with Crippen molar-refractivity contribution in [2.45, 2.75) is 6.92 Å². The fourth-order valence-electron chi connectivity index (χ4n) is 1.99. The first-order valence-electron chi connectivity index (χ1n) is 6.20. The van der Waals surface area contributed by atoms with Crippen molar-refractivity contribution in [1.29, 1.82) is 0 Å². The maximum absolute atomic E-state index is 12.2. The van der Waals surface area contributed by atoms with Crippen LogP contribution in [0.4, 0.5) is 0 Å². The average molecular weight is 300 g/mol. The minimum absolute atomic E-state index is 0.150. The Bertz CT molecular complexity index is 834. The number of aromatic nitrogens is 2. The average Bonchev–Trinajstić information content (AvgIpc) is 2.98. The van der Waals surface area contributed by atoms with Gasteiger partial charge in [0.05, 0.1) is 11.9 Å². The number of thiazole rings is 1. The largest absolute Gasteiger partial charge is 0.508 e. The van der Waals surface area contributed by atoms with Crippen molar-refractivity contribution < 1.29 is 9.90 Å². The molecule has 0 spiro atoms. The zero-order chi connectivity index (χ0) is 14.8. The summed E-state index contributed by atoms with van der Waals surface area (Å²) < 4.78 is 1.74. The van der Waals surface area contributed by atoms with Crippen LogP contribution >= 0.6 is 11.3 Å². The van der Waals surface area contributed by atoms with Crippen LogP contribution in [0.15, 0.2) is 40.9 Å². The standard InChI is InChI=1S/C14H12N4O2S/c1-9-12(18-5-6-21-14(18)16-9)13(20)17-15-8-10-3-2-4-11(19)7-10/h2-8,19H,1H3,(H,17,20)/b15-8-. The van der Waals surface area contributed by atoms with Gasteiger partial charge in [-0.2, -0.15) is 5.10 Å². The maximum atomic E-state index is 12.2. The molecule has 6 nitrogen and oxygen atoms in total. The quantitative estimate of drug-likeness (QED) is 0.575. The number of phenolic OH excluding ortho intramolecular Hbond substituents is 1. The number of aryl methyl sites for hydroxylation is 1. The molecule has 3 aromatic rings. The summed E-state index contributed by atoms with van der Waals surface area (Å²) in [7, 11) is 0. The van der Waals surface area contributed by atoms with Crippen LogP contribution < -0.4 is 5.43 Å². The van der Waals surface area contributed by atoms with Gasteiger partial charge in [0.2, 0.25) is 0 Å². The second kappa shape index (κ2) is 5.37. The lowest BCUT2D eigenvalue weighted by atomic mass is 10.2. The van der Waals surface area contributed by atoms with Crippen molar-refractivity contribution in [3.8, 4) is 5.75 Å². The van der Waals surface area contributed by atoms with Crippen LogP contribution in [0.5, 0.6) is 5.75 Å². The molecule has 0 atom stereocenters. The Morgan fingerprint density at radius 3 is 3.19 bits per heavy atom. The first-order valence-corrected chi connectivity index (χ1v) is 7.08. The number of hydrazone groups is 1. The first kappa shape index (κ1) is 13.3. The minimum atomic E-state index is -0.324. The van der Waals surface area contributed by atoms with Gasteiger partial charge in [0.25, 0.3) is 5.91 Å². The van der Waals surface area contributed by atoms with Crippen LogP contribution in [0.1, 0.15) is 21.7 Å². The topological polar surface area (TPSA) is 79.0 Å². The SMILES string of the molecule is Cc1nc2sccn2c1C(=O)N/N=C\c1cccc(O)c1. The number of nitrogens with one attached hydrogen (secondary N) is 1. The van der Waals surface area contributed by atoms with E-state index in [-0.39, 0.29) is 11.7 Å². The molecule has 0 unspecified atom stereocenters. The van der Waals surface area contributed by atoms with Crippen LogP contribution in [-0.2, 0) is 0 Å². The zero-order valence-corrected chi connectivity index (χ0v) is 12.0. The molecule has 1 amide bonds. The molecule has 0 aliphatic heterocycles. The fraction of sp³-hybridized carbons (Fsp3) is 0.0714. The number of hydrogen-bond donors (Lipinski definition) is 2. The normalized spacial score (nSPS) is 11.3. The molecule has 0 aliphatic rings. The van der Waals surface area contributed by atoms with E-state index in [1.165, 1.54) is 17.6 Å². The summed E-state index contributed by atoms with van der Waals surface area (Å²) in [4.78, 5) is 17.2. The molecule has 1 aromatic carbocycles. The third kappa shape index (κ3) is 2.63. The summed E-state index contributed by atoms with van der Waals surface area (Å²) in [5.74, 6) is -0.174. The van der Waals surface area contributed by atoms with Crippen molar-refractivity contribution in [1.82, 2.24) is 14.8 Å². The van der Waals surface area contributed by atoms with E-state index in [2.05, 4.69) is 15.5 Å². The summed E-state index contributed by atoms with van der Waals surface area (Å²) in [6.07, 6.45) is 3.27. The number of aromatic hydroxyl groups is 1. The second-order valence-electron chi connectivity index (χ2n) is 4.40. The number of amides is 1. The molecule has 7 heteroatoms. The number of phenols is 1. The summed E-state index contributed by atoms with van der Waals surface area (Å²) in [5.41, 5.74) is 4.29. The molecule has 0 aliphatic carbocycles. The van der Waals surface area contributed by atoms with Crippen molar-refractivity contribution in [3.63, 3.8) is 0 Å². The van der Waals surface area contributed by atoms with Gasteiger partial charge in [0, 0.05) is 11.6 Å². The summed E-state index contributed by atoms with van der Waals surface area (Å²) in [5, 5.41) is 15.1. The molecule has 2 heterocycles. The molecule has 0 radical (unpaired) electrons. The molecule has 0 saturated heterocycles. The van der Waals surface area contributed by atoms with E-state index >= 15 is 0 Å². The van der Waals surface area contributed by atoms with E-state index in [1.54, 1.807) is 41.8 Å². The van der Waals surface area contributed by atoms with Crippen molar-refractivity contribution in [2.24, 2.45) is 5.10 Å². The van der Waals surface area contributed by atoms with Gasteiger partial charge in [0.1, 0.15) is 11.4 Å². The smallest absolute Gasteiger partial charge is 0.290 e. The number of fused-ring (bicyclic) bond motifs is 1. The van der Waals surface area contributed by atoms with Crippen molar-refractivity contribution in [3.05, 3.63) is 52.8 Å². The lowest BCUT2D eigenvalue weighted by Crippen LogP contribution is -2.20. The third-order valence-electron chi connectivity index (χ3n) is 2.90. The van der Waals surface area contributed by atoms with E-state index in [9.17, 15) is 9.90 Å². The highest BCUT2D eigenvalue weighted by molar-refractivity contribution is 7.15. The summed E-state index contributed by atoms with van der Waals surface area (Å²) >= 11 is 1.47. The van der Waals surface area contributed by atoms with Crippen LogP contribution in [-0.4, -0.2) is 26.6 Å². The Balaban J connectivity index is 1.77. The predicted octanol–water partition coefficient (Wildman–Crippen LogP) is 2.17. The molecule has 0 fully saturated rings. The molecule has 106 valence electrons. The van der Waals surface area contributed by atoms with Gasteiger partial charge in [-0.1, -0.05) is 12.1 Å². The molecule has 2 N–H and O–H groups in total. The Labute approximate surface area is 124 Å². The summed E-state index contributed by atoms with van der Waals surface area (Å²) in [6.45, 7) is 1.79. The molecule has 2 aromatic heterocycles. The predicted molar refractivity (Wildman–Crippen MR) is 81.0 cm³/mol. The molecular weight excluding hydrogens is 288 g/mol. The van der Waals surface area contributed by atoms with Crippen LogP contribution in [0.3, 0.4) is 0 Å². The van der Waals surface area contributed by atoms with Gasteiger partial charge in [-0.05, 0) is 24.6 Å². The van der Waals surface area contributed by atoms with E-state index in [4.69, 9.17) is 0 Å². The number of rotatable bonds is 3. The molecular formula is C14H12N4O2S. The number of imidazole rings is 1. The lowest BCUT2D eigenvalue weighted by Gasteiger charge is -1.99. The van der Waals surface area contributed by atoms with E-state index < -0.39 is 0 Å². The zero-order valence-electron chi connectivity index (χ0n) is 11.1. The van der Waals surface area contributed by atoms with Gasteiger partial charge < -0.3 is 5.11 Å². The molecule has 0 saturated carbocycles. The maximum Gasteiger partial charge on any atom is 0.290 e. The van der Waals surface area contributed by atoms with Gasteiger partial charge in [0.15, 0.2) is 4.96 Å². The van der Waals surface area contributed by atoms with Gasteiger partial charge >= 0.3 is 0 Å². The Morgan fingerprint density at radius 1 is 1.52 bits per heavy atom. The lowest BCUT2D eigenvalue weighted by molar-refractivity contribution is 0.0948. The fourth-order valence-corrected chi connectivity index (χ4v) is 2.75. The number of carbonyl (C=O) groups excluding carboxylic acids is 1. The van der Waals surface area contributed by atoms with Crippen molar-refractivity contribution >= 4 is 28.4 Å². The second-order valence-corrected chi connectivity index (χ2v) is 5.27. The van der Waals surface area contributed by atoms with Crippen LogP contribution in [0.25, 0.3) is 4.96 Å². The number of carbonyl (C=O) groups is 1. The minimum Gasteiger partial charge on any atom is -0.508 e. The van der Waals surface area contributed by atoms with Crippen molar-refractivity contribution in [2.75, 3.05) is 0 Å². The highest BCUT2D eigenvalue weighted by Gasteiger charge is 2.16. The first-order chi connectivity index (χ1) is 10.1. The molecule has 0 bridgehead atoms. The highest BCUT2D eigenvalue weighted by atomic mass is 32.1. The number of nitrogens with zero attached hydrogens (tertiary/aromatic N) is 3. The summed E-state index contributed by atoms with van der Waals surface area (Å²) in [6, 6.07) is 6.60. The Morgan fingerprint density at radius 2 is 2.38 bits per heavy atom. The highest BCUT2D eigenvalue weighted by Crippen LogP contribution is 2.16. The third-order valence-corrected chi connectivity index (χ3v) is 3.66. The van der Waals surface area contributed by atoms with E-state index in [0.29, 0.717) is 17.0 Å². The number of benzene rings is 1. The van der Waals surface area contributed by atoms with Gasteiger partial charge in [-0.3, -0.25) is 9.20 Å². The Hall–Kier alpha value is -2.67.